The van der Waals surface area contributed by atoms with Crippen molar-refractivity contribution in [3.8, 4) is 5.75 Å². The molecule has 1 fully saturated rings. The van der Waals surface area contributed by atoms with Crippen LogP contribution in [0, 0.1) is 17.0 Å². The number of pyridine rings is 1. The normalized spacial score (nSPS) is 22.4. The Bertz CT molecular complexity index is 1460. The van der Waals surface area contributed by atoms with E-state index in [9.17, 15) is 33.2 Å². The van der Waals surface area contributed by atoms with E-state index in [0.29, 0.717) is 31.0 Å². The zero-order valence-electron chi connectivity index (χ0n) is 22.8. The number of carbonyl (C=O) groups excluding carboxylic acids is 3. The summed E-state index contributed by atoms with van der Waals surface area (Å²) in [6.45, 7) is 7.01. The number of esters is 1. The van der Waals surface area contributed by atoms with Gasteiger partial charge in [-0.2, -0.15) is 0 Å². The van der Waals surface area contributed by atoms with Crippen LogP contribution in [-0.4, -0.2) is 50.8 Å². The van der Waals surface area contributed by atoms with E-state index in [1.807, 2.05) is 13.8 Å². The molecule has 2 bridgehead atoms. The lowest BCUT2D eigenvalue weighted by Gasteiger charge is -2.43. The van der Waals surface area contributed by atoms with E-state index >= 15 is 0 Å². The van der Waals surface area contributed by atoms with Gasteiger partial charge >= 0.3 is 5.97 Å². The second kappa shape index (κ2) is 11.2. The Morgan fingerprint density at radius 2 is 2.00 bits per heavy atom. The molecular weight excluding hydrogens is 526 g/mol. The van der Waals surface area contributed by atoms with Gasteiger partial charge in [-0.15, -0.1) is 0 Å². The van der Waals surface area contributed by atoms with Gasteiger partial charge in [-0.3, -0.25) is 19.2 Å². The maximum absolute atomic E-state index is 14.1. The first-order valence-corrected chi connectivity index (χ1v) is 13.1. The summed E-state index contributed by atoms with van der Waals surface area (Å²) in [5.74, 6) is -4.34. The molecule has 1 saturated heterocycles. The minimum atomic E-state index is -0.958. The van der Waals surface area contributed by atoms with Crippen LogP contribution in [0.2, 0.25) is 0 Å². The zero-order valence-corrected chi connectivity index (χ0v) is 22.8. The van der Waals surface area contributed by atoms with Crippen LogP contribution in [-0.2, 0) is 11.3 Å². The van der Waals surface area contributed by atoms with Gasteiger partial charge < -0.3 is 24.7 Å². The average molecular weight is 559 g/mol. The van der Waals surface area contributed by atoms with E-state index in [0.717, 1.165) is 6.07 Å². The number of fused-ring (bicyclic) bond motifs is 4. The maximum Gasteiger partial charge on any atom is 0.311 e. The van der Waals surface area contributed by atoms with Crippen molar-refractivity contribution < 1.29 is 33.1 Å². The van der Waals surface area contributed by atoms with E-state index in [2.05, 4.69) is 10.5 Å². The summed E-state index contributed by atoms with van der Waals surface area (Å²) in [6, 6.07) is 2.25. The molecule has 10 nitrogen and oxygen atoms in total. The Balaban J connectivity index is 1.86. The third kappa shape index (κ3) is 5.34. The minimum absolute atomic E-state index is 0.000336. The smallest absolute Gasteiger partial charge is 0.311 e. The summed E-state index contributed by atoms with van der Waals surface area (Å²) in [7, 11) is 0. The van der Waals surface area contributed by atoms with Crippen LogP contribution in [0.4, 0.5) is 8.78 Å². The number of halogens is 2. The van der Waals surface area contributed by atoms with Crippen molar-refractivity contribution in [3.63, 3.8) is 0 Å². The third-order valence-electron chi connectivity index (χ3n) is 7.87. The standard InChI is InChI=1S/C28H32F2N4O6/c1-5-22(35)40-25-23-27(38)33-14-21(28(4,9-8-16(33)3)11-15(2)32-39)34(23)13-19(24(25)36)26(37)31-12-17-6-7-18(29)10-20(17)30/h6-7,10,13,16,21,39H,5,8-9,11-12,14H2,1-4H3,(H,31,37)/b32-15-/t16-,21+,28+/m0/s1. The van der Waals surface area contributed by atoms with Gasteiger partial charge in [0, 0.05) is 43.4 Å². The fourth-order valence-corrected chi connectivity index (χ4v) is 5.56. The van der Waals surface area contributed by atoms with Gasteiger partial charge in [-0.25, -0.2) is 8.78 Å². The number of hydrogen-bond acceptors (Lipinski definition) is 7. The predicted octanol–water partition coefficient (Wildman–Crippen LogP) is 3.80. The summed E-state index contributed by atoms with van der Waals surface area (Å²) in [5, 5.41) is 15.2. The number of amides is 2. The van der Waals surface area contributed by atoms with Crippen LogP contribution in [0.5, 0.6) is 5.75 Å². The molecule has 1 aromatic heterocycles. The van der Waals surface area contributed by atoms with E-state index in [4.69, 9.17) is 4.74 Å². The van der Waals surface area contributed by atoms with Gasteiger partial charge in [-0.1, -0.05) is 25.1 Å². The average Bonchev–Trinajstić information content (AvgIpc) is 3.02. The number of nitrogens with zero attached hydrogens (tertiary/aromatic N) is 3. The second-order valence-electron chi connectivity index (χ2n) is 10.7. The Morgan fingerprint density at radius 3 is 2.65 bits per heavy atom. The Kier molecular flexibility index (Phi) is 8.08. The molecule has 3 heterocycles. The maximum atomic E-state index is 14.1. The van der Waals surface area contributed by atoms with Gasteiger partial charge in [0.15, 0.2) is 5.69 Å². The topological polar surface area (TPSA) is 130 Å². The molecule has 0 saturated carbocycles. The number of hydrogen-bond donors (Lipinski definition) is 2. The van der Waals surface area contributed by atoms with Crippen molar-refractivity contribution in [2.45, 2.75) is 72.0 Å². The molecule has 2 aliphatic heterocycles. The molecule has 4 rings (SSSR count). The van der Waals surface area contributed by atoms with E-state index < -0.39 is 57.6 Å². The third-order valence-corrected chi connectivity index (χ3v) is 7.87. The number of carbonyl (C=O) groups is 3. The number of oxime groups is 1. The summed E-state index contributed by atoms with van der Waals surface area (Å²) in [5.41, 5.74) is -1.59. The first-order valence-electron chi connectivity index (χ1n) is 13.1. The summed E-state index contributed by atoms with van der Waals surface area (Å²) >= 11 is 0. The van der Waals surface area contributed by atoms with Crippen molar-refractivity contribution >= 4 is 23.5 Å². The second-order valence-corrected chi connectivity index (χ2v) is 10.7. The van der Waals surface area contributed by atoms with Crippen LogP contribution in [0.15, 0.2) is 34.3 Å². The van der Waals surface area contributed by atoms with Gasteiger partial charge in [0.2, 0.25) is 11.2 Å². The largest absolute Gasteiger partial charge is 0.420 e. The summed E-state index contributed by atoms with van der Waals surface area (Å²) in [4.78, 5) is 54.6. The fourth-order valence-electron chi connectivity index (χ4n) is 5.56. The van der Waals surface area contributed by atoms with Crippen LogP contribution in [0.1, 0.15) is 85.8 Å². The highest BCUT2D eigenvalue weighted by molar-refractivity contribution is 6.00. The predicted molar refractivity (Wildman–Crippen MR) is 141 cm³/mol. The highest BCUT2D eigenvalue weighted by Crippen LogP contribution is 2.47. The van der Waals surface area contributed by atoms with Gasteiger partial charge in [0.25, 0.3) is 11.8 Å². The van der Waals surface area contributed by atoms with Gasteiger partial charge in [0.05, 0.1) is 11.8 Å². The lowest BCUT2D eigenvalue weighted by molar-refractivity contribution is -0.134. The minimum Gasteiger partial charge on any atom is -0.420 e. The van der Waals surface area contributed by atoms with Crippen LogP contribution >= 0.6 is 0 Å². The molecule has 2 N–H and O–H groups in total. The van der Waals surface area contributed by atoms with Crippen molar-refractivity contribution in [2.24, 2.45) is 10.6 Å². The number of benzene rings is 1. The fraction of sp³-hybridized carbons (Fsp3) is 0.464. The van der Waals surface area contributed by atoms with E-state index in [1.165, 1.54) is 23.8 Å². The molecule has 0 unspecified atom stereocenters. The molecule has 0 aliphatic carbocycles. The van der Waals surface area contributed by atoms with Crippen molar-refractivity contribution in [1.82, 2.24) is 14.8 Å². The highest BCUT2D eigenvalue weighted by Gasteiger charge is 2.48. The molecule has 3 atom stereocenters. The molecule has 2 amide bonds. The van der Waals surface area contributed by atoms with E-state index in [1.54, 1.807) is 11.8 Å². The van der Waals surface area contributed by atoms with Crippen molar-refractivity contribution in [3.05, 3.63) is 63.1 Å². The molecule has 1 aromatic carbocycles. The lowest BCUT2D eigenvalue weighted by atomic mass is 9.74. The Hall–Kier alpha value is -4.09. The van der Waals surface area contributed by atoms with E-state index in [-0.39, 0.29) is 36.8 Å². The summed E-state index contributed by atoms with van der Waals surface area (Å²) in [6.07, 6.45) is 2.83. The molecule has 2 aliphatic rings. The number of ether oxygens (including phenoxy) is 1. The molecule has 40 heavy (non-hydrogen) atoms. The Labute approximate surface area is 229 Å². The van der Waals surface area contributed by atoms with Crippen molar-refractivity contribution in [1.29, 1.82) is 0 Å². The Morgan fingerprint density at radius 1 is 1.27 bits per heavy atom. The summed E-state index contributed by atoms with van der Waals surface area (Å²) < 4.78 is 34.3. The molecule has 2 aromatic rings. The zero-order chi connectivity index (χ0) is 29.4. The molecule has 0 radical (unpaired) electrons. The number of nitrogens with one attached hydrogen (secondary N) is 1. The molecule has 214 valence electrons. The lowest BCUT2D eigenvalue weighted by Crippen LogP contribution is -2.50. The van der Waals surface area contributed by atoms with Crippen molar-refractivity contribution in [2.75, 3.05) is 6.54 Å². The van der Waals surface area contributed by atoms with Gasteiger partial charge in [-0.05, 0) is 44.6 Å². The van der Waals surface area contributed by atoms with Crippen LogP contribution < -0.4 is 15.5 Å². The van der Waals surface area contributed by atoms with Crippen LogP contribution in [0.25, 0.3) is 0 Å². The highest BCUT2D eigenvalue weighted by atomic mass is 19.1. The van der Waals surface area contributed by atoms with Crippen LogP contribution in [0.3, 0.4) is 0 Å². The van der Waals surface area contributed by atoms with Gasteiger partial charge in [0.1, 0.15) is 17.2 Å². The molecule has 12 heteroatoms. The molecular formula is C28H32F2N4O6. The quantitative estimate of drug-likeness (QED) is 0.230. The SMILES string of the molecule is CCC(=O)Oc1c2n(cc(C(=O)NCc3ccc(F)cc3F)c1=O)[C@@H]1CN(C2=O)[C@@H](C)CC[C@]1(C)C/C(C)=N\O. The first-order chi connectivity index (χ1) is 18.9. The molecule has 0 spiro atoms. The number of aromatic nitrogens is 1. The monoisotopic (exact) mass is 558 g/mol. The first kappa shape index (κ1) is 28.9. The number of rotatable bonds is 7.